The van der Waals surface area contributed by atoms with Gasteiger partial charge in [-0.25, -0.2) is 0 Å². The molecule has 0 bridgehead atoms. The molecule has 28 heavy (non-hydrogen) atoms. The molecule has 0 saturated carbocycles. The van der Waals surface area contributed by atoms with Crippen LogP contribution in [-0.2, 0) is 9.47 Å². The first kappa shape index (κ1) is 19.3. The zero-order chi connectivity index (χ0) is 19.3. The van der Waals surface area contributed by atoms with Crippen molar-refractivity contribution in [1.82, 2.24) is 0 Å². The van der Waals surface area contributed by atoms with Crippen molar-refractivity contribution in [3.05, 3.63) is 48.5 Å². The highest BCUT2D eigenvalue weighted by atomic mass is 16.6. The van der Waals surface area contributed by atoms with Crippen molar-refractivity contribution >= 4 is 0 Å². The maximum absolute atomic E-state index is 5.88. The first-order chi connectivity index (χ1) is 13.8. The summed E-state index contributed by atoms with van der Waals surface area (Å²) in [5.74, 6) is 3.06. The normalized spacial score (nSPS) is 26.2. The van der Waals surface area contributed by atoms with Crippen molar-refractivity contribution in [3.63, 3.8) is 0 Å². The van der Waals surface area contributed by atoms with Gasteiger partial charge in [0.1, 0.15) is 24.7 Å². The maximum atomic E-state index is 5.88. The van der Waals surface area contributed by atoms with E-state index in [0.29, 0.717) is 25.0 Å². The van der Waals surface area contributed by atoms with Crippen molar-refractivity contribution in [1.29, 1.82) is 0 Å². The molecule has 0 N–H and O–H groups in total. The number of ether oxygens (including phenoxy) is 4. The molecule has 4 atom stereocenters. The molecule has 2 aromatic carbocycles. The van der Waals surface area contributed by atoms with Gasteiger partial charge in [-0.15, -0.1) is 0 Å². The minimum Gasteiger partial charge on any atom is -0.491 e. The summed E-state index contributed by atoms with van der Waals surface area (Å²) < 4.78 is 22.9. The molecule has 2 saturated heterocycles. The highest BCUT2D eigenvalue weighted by Gasteiger charge is 2.31. The quantitative estimate of drug-likeness (QED) is 0.614. The Morgan fingerprint density at radius 2 is 1.07 bits per heavy atom. The van der Waals surface area contributed by atoms with Gasteiger partial charge in [0, 0.05) is 11.8 Å². The van der Waals surface area contributed by atoms with Crippen LogP contribution in [0.25, 0.3) is 11.1 Å². The lowest BCUT2D eigenvalue weighted by Gasteiger charge is -2.35. The van der Waals surface area contributed by atoms with Gasteiger partial charge < -0.3 is 18.9 Å². The lowest BCUT2D eigenvalue weighted by molar-refractivity contribution is -0.131. The summed E-state index contributed by atoms with van der Waals surface area (Å²) in [4.78, 5) is 0. The average molecular weight is 383 g/mol. The van der Waals surface area contributed by atoms with E-state index in [1.165, 1.54) is 11.1 Å². The minimum absolute atomic E-state index is 0.246. The summed E-state index contributed by atoms with van der Waals surface area (Å²) in [7, 11) is 0. The lowest BCUT2D eigenvalue weighted by Crippen LogP contribution is -2.43. The summed E-state index contributed by atoms with van der Waals surface area (Å²) >= 11 is 0. The van der Waals surface area contributed by atoms with Crippen molar-refractivity contribution in [2.45, 2.75) is 38.9 Å². The second kappa shape index (κ2) is 8.97. The fourth-order valence-corrected chi connectivity index (χ4v) is 3.71. The van der Waals surface area contributed by atoms with E-state index >= 15 is 0 Å². The number of hydrogen-bond donors (Lipinski definition) is 0. The van der Waals surface area contributed by atoms with Crippen LogP contribution in [0.5, 0.6) is 11.5 Å². The van der Waals surface area contributed by atoms with Gasteiger partial charge in [-0.1, -0.05) is 38.1 Å². The molecule has 0 aromatic heterocycles. The Balaban J connectivity index is 1.28. The fourth-order valence-electron chi connectivity index (χ4n) is 3.71. The molecule has 4 heteroatoms. The van der Waals surface area contributed by atoms with E-state index in [4.69, 9.17) is 18.9 Å². The van der Waals surface area contributed by atoms with Crippen LogP contribution in [0, 0.1) is 11.8 Å². The minimum atomic E-state index is 0.246. The van der Waals surface area contributed by atoms with E-state index in [1.54, 1.807) is 0 Å². The predicted octanol–water partition coefficient (Wildman–Crippen LogP) is 4.96. The Kier molecular flexibility index (Phi) is 6.18. The monoisotopic (exact) mass is 382 g/mol. The van der Waals surface area contributed by atoms with E-state index in [1.807, 2.05) is 24.3 Å². The van der Waals surface area contributed by atoms with Crippen LogP contribution in [0.4, 0.5) is 0 Å². The second-order valence-electron chi connectivity index (χ2n) is 7.75. The topological polar surface area (TPSA) is 36.9 Å². The van der Waals surface area contributed by atoms with Crippen LogP contribution in [-0.4, -0.2) is 38.6 Å². The first-order valence-electron chi connectivity index (χ1n) is 10.5. The van der Waals surface area contributed by atoms with Crippen LogP contribution in [0.3, 0.4) is 0 Å². The van der Waals surface area contributed by atoms with Crippen LogP contribution >= 0.6 is 0 Å². The van der Waals surface area contributed by atoms with Crippen molar-refractivity contribution in [2.24, 2.45) is 11.8 Å². The van der Waals surface area contributed by atoms with Crippen molar-refractivity contribution < 1.29 is 18.9 Å². The molecule has 2 fully saturated rings. The van der Waals surface area contributed by atoms with Gasteiger partial charge in [-0.2, -0.15) is 0 Å². The Bertz CT molecular complexity index is 671. The summed E-state index contributed by atoms with van der Waals surface area (Å²) in [6.07, 6.45) is 2.80. The van der Waals surface area contributed by atoms with E-state index in [9.17, 15) is 0 Å². The summed E-state index contributed by atoms with van der Waals surface area (Å²) in [6.45, 7) is 7.41. The van der Waals surface area contributed by atoms with E-state index in [2.05, 4.69) is 38.1 Å². The molecule has 4 rings (SSSR count). The van der Waals surface area contributed by atoms with Crippen LogP contribution in [0.15, 0.2) is 48.5 Å². The van der Waals surface area contributed by atoms with Gasteiger partial charge in [-0.3, -0.25) is 0 Å². The molecular weight excluding hydrogens is 352 g/mol. The number of rotatable bonds is 9. The zero-order valence-corrected chi connectivity index (χ0v) is 16.8. The molecule has 2 aromatic rings. The molecule has 0 radical (unpaired) electrons. The van der Waals surface area contributed by atoms with Crippen molar-refractivity contribution in [2.75, 3.05) is 26.4 Å². The Hall–Kier alpha value is -2.04. The van der Waals surface area contributed by atoms with Gasteiger partial charge in [-0.05, 0) is 48.2 Å². The van der Waals surface area contributed by atoms with Crippen LogP contribution in [0.2, 0.25) is 0 Å². The standard InChI is InChI=1S/C24H30O4/c1-3-17-13-27-23(17)15-25-21-9-5-19(6-10-21)20-7-11-22(12-8-20)26-16-24-18(4-2)14-28-24/h5-12,17-18,23-24H,3-4,13-16H2,1-2H3. The molecular formula is C24H30O4. The molecule has 4 nitrogen and oxygen atoms in total. The third-order valence-corrected chi connectivity index (χ3v) is 6.02. The number of hydrogen-bond acceptors (Lipinski definition) is 4. The molecule has 150 valence electrons. The number of benzene rings is 2. The Morgan fingerprint density at radius 1 is 0.679 bits per heavy atom. The maximum Gasteiger partial charge on any atom is 0.119 e. The molecule has 0 spiro atoms. The van der Waals surface area contributed by atoms with Gasteiger partial charge >= 0.3 is 0 Å². The molecule has 2 heterocycles. The van der Waals surface area contributed by atoms with Gasteiger partial charge in [0.25, 0.3) is 0 Å². The first-order valence-corrected chi connectivity index (χ1v) is 10.5. The summed E-state index contributed by atoms with van der Waals surface area (Å²) in [5, 5.41) is 0. The lowest BCUT2D eigenvalue weighted by atomic mass is 9.96. The molecule has 2 aliphatic heterocycles. The summed E-state index contributed by atoms with van der Waals surface area (Å²) in [5.41, 5.74) is 2.33. The van der Waals surface area contributed by atoms with Crippen LogP contribution < -0.4 is 9.47 Å². The molecule has 4 unspecified atom stereocenters. The highest BCUT2D eigenvalue weighted by Crippen LogP contribution is 2.28. The third-order valence-electron chi connectivity index (χ3n) is 6.02. The summed E-state index contributed by atoms with van der Waals surface area (Å²) in [6, 6.07) is 16.5. The van der Waals surface area contributed by atoms with E-state index in [-0.39, 0.29) is 12.2 Å². The molecule has 0 amide bonds. The fraction of sp³-hybridized carbons (Fsp3) is 0.500. The van der Waals surface area contributed by atoms with Crippen molar-refractivity contribution in [3.8, 4) is 22.6 Å². The predicted molar refractivity (Wildman–Crippen MR) is 110 cm³/mol. The SMILES string of the molecule is CCC1COC1COc1ccc(-c2ccc(OCC3OCC3CC)cc2)cc1. The third kappa shape index (κ3) is 4.34. The Morgan fingerprint density at radius 3 is 1.36 bits per heavy atom. The van der Waals surface area contributed by atoms with E-state index < -0.39 is 0 Å². The van der Waals surface area contributed by atoms with Gasteiger partial charge in [0.2, 0.25) is 0 Å². The largest absolute Gasteiger partial charge is 0.491 e. The van der Waals surface area contributed by atoms with E-state index in [0.717, 1.165) is 37.6 Å². The molecule has 2 aliphatic rings. The highest BCUT2D eigenvalue weighted by molar-refractivity contribution is 5.64. The average Bonchev–Trinajstić information content (AvgIpc) is 2.68. The zero-order valence-electron chi connectivity index (χ0n) is 16.8. The molecule has 0 aliphatic carbocycles. The second-order valence-corrected chi connectivity index (χ2v) is 7.75. The smallest absolute Gasteiger partial charge is 0.119 e. The van der Waals surface area contributed by atoms with Crippen LogP contribution in [0.1, 0.15) is 26.7 Å². The Labute approximate surface area is 167 Å². The van der Waals surface area contributed by atoms with Gasteiger partial charge in [0.15, 0.2) is 0 Å². The van der Waals surface area contributed by atoms with Gasteiger partial charge in [0.05, 0.1) is 25.4 Å².